The van der Waals surface area contributed by atoms with Gasteiger partial charge in [-0.2, -0.15) is 0 Å². The van der Waals surface area contributed by atoms with Crippen molar-refractivity contribution in [1.29, 1.82) is 0 Å². The summed E-state index contributed by atoms with van der Waals surface area (Å²) in [5.74, 6) is -0.334. The zero-order chi connectivity index (χ0) is 16.1. The number of nitrogens with zero attached hydrogens (tertiary/aromatic N) is 1. The summed E-state index contributed by atoms with van der Waals surface area (Å²) in [5.41, 5.74) is 6.84. The molecule has 0 unspecified atom stereocenters. The zero-order valence-corrected chi connectivity index (χ0v) is 12.7. The fraction of sp³-hybridized carbons (Fsp3) is 0.412. The molecule has 0 bridgehead atoms. The van der Waals surface area contributed by atoms with Gasteiger partial charge in [0.2, 0.25) is 11.8 Å². The average molecular weight is 304 g/mol. The van der Waals surface area contributed by atoms with Crippen LogP contribution >= 0.6 is 0 Å². The molecule has 1 aliphatic rings. The second kappa shape index (κ2) is 7.20. The highest BCUT2D eigenvalue weighted by molar-refractivity contribution is 5.94. The second-order valence-electron chi connectivity index (χ2n) is 5.77. The van der Waals surface area contributed by atoms with Crippen LogP contribution in [-0.4, -0.2) is 29.8 Å². The minimum Gasteiger partial charge on any atom is -0.370 e. The van der Waals surface area contributed by atoms with Crippen LogP contribution in [0.5, 0.6) is 0 Å². The third-order valence-electron chi connectivity index (χ3n) is 4.06. The number of rotatable bonds is 4. The van der Waals surface area contributed by atoms with E-state index in [2.05, 4.69) is 0 Å². The molecule has 1 aromatic rings. The van der Waals surface area contributed by atoms with Crippen LogP contribution in [0.2, 0.25) is 0 Å². The van der Waals surface area contributed by atoms with Gasteiger partial charge < -0.3 is 10.6 Å². The van der Waals surface area contributed by atoms with E-state index < -0.39 is 0 Å². The van der Waals surface area contributed by atoms with E-state index in [1.165, 1.54) is 12.1 Å². The Kier molecular flexibility index (Phi) is 5.31. The highest BCUT2D eigenvalue weighted by Crippen LogP contribution is 2.21. The first-order chi connectivity index (χ1) is 10.5. The Bertz CT molecular complexity index is 573. The lowest BCUT2D eigenvalue weighted by atomic mass is 9.93. The summed E-state index contributed by atoms with van der Waals surface area (Å²) >= 11 is 0. The van der Waals surface area contributed by atoms with Gasteiger partial charge in [0.1, 0.15) is 5.82 Å². The maximum Gasteiger partial charge on any atom is 0.246 e. The second-order valence-corrected chi connectivity index (χ2v) is 5.77. The molecule has 0 radical (unpaired) electrons. The molecule has 2 N–H and O–H groups in total. The van der Waals surface area contributed by atoms with E-state index in [1.807, 2.05) is 6.92 Å². The summed E-state index contributed by atoms with van der Waals surface area (Å²) < 4.78 is 12.9. The molecule has 1 aliphatic heterocycles. The molecule has 1 saturated heterocycles. The van der Waals surface area contributed by atoms with Crippen molar-refractivity contribution in [2.24, 2.45) is 11.7 Å². The Balaban J connectivity index is 1.93. The Morgan fingerprint density at radius 2 is 1.86 bits per heavy atom. The van der Waals surface area contributed by atoms with E-state index >= 15 is 0 Å². The van der Waals surface area contributed by atoms with Gasteiger partial charge in [-0.05, 0) is 49.0 Å². The van der Waals surface area contributed by atoms with Gasteiger partial charge >= 0.3 is 0 Å². The maximum absolute atomic E-state index is 12.9. The molecule has 0 aliphatic carbocycles. The number of piperidine rings is 1. The number of benzene rings is 1. The fourth-order valence-electron chi connectivity index (χ4n) is 2.71. The molecule has 0 saturated carbocycles. The number of hydrogen-bond donors (Lipinski definition) is 1. The highest BCUT2D eigenvalue weighted by atomic mass is 19.1. The number of allylic oxidation sites excluding steroid dienone is 1. The topological polar surface area (TPSA) is 63.4 Å². The third kappa shape index (κ3) is 4.41. The summed E-state index contributed by atoms with van der Waals surface area (Å²) in [5, 5.41) is 0. The van der Waals surface area contributed by atoms with Crippen molar-refractivity contribution in [3.8, 4) is 0 Å². The van der Waals surface area contributed by atoms with E-state index in [1.54, 1.807) is 23.1 Å². The molecule has 118 valence electrons. The van der Waals surface area contributed by atoms with Crippen molar-refractivity contribution in [3.63, 3.8) is 0 Å². The number of carbonyl (C=O) groups is 2. The van der Waals surface area contributed by atoms with Crippen LogP contribution in [0.25, 0.3) is 5.57 Å². The molecule has 2 amide bonds. The van der Waals surface area contributed by atoms with Gasteiger partial charge in [-0.1, -0.05) is 12.1 Å². The van der Waals surface area contributed by atoms with Crippen molar-refractivity contribution in [2.75, 3.05) is 13.1 Å². The molecular weight excluding hydrogens is 283 g/mol. The normalized spacial score (nSPS) is 16.6. The van der Waals surface area contributed by atoms with Gasteiger partial charge in [0, 0.05) is 25.6 Å². The SMILES string of the molecule is CC(=CC(=O)N1CCC(CC(N)=O)CC1)c1ccc(F)cc1. The van der Waals surface area contributed by atoms with Crippen LogP contribution in [0.3, 0.4) is 0 Å². The fourth-order valence-corrected chi connectivity index (χ4v) is 2.71. The molecule has 0 aromatic heterocycles. The summed E-state index contributed by atoms with van der Waals surface area (Å²) in [7, 11) is 0. The van der Waals surface area contributed by atoms with E-state index in [4.69, 9.17) is 5.73 Å². The van der Waals surface area contributed by atoms with Crippen LogP contribution in [0.15, 0.2) is 30.3 Å². The molecule has 2 rings (SSSR count). The summed E-state index contributed by atoms with van der Waals surface area (Å²) in [6.07, 6.45) is 3.59. The molecule has 1 fully saturated rings. The first kappa shape index (κ1) is 16.2. The molecule has 22 heavy (non-hydrogen) atoms. The van der Waals surface area contributed by atoms with Crippen LogP contribution < -0.4 is 5.73 Å². The van der Waals surface area contributed by atoms with Crippen molar-refractivity contribution in [2.45, 2.75) is 26.2 Å². The molecule has 1 aromatic carbocycles. The number of primary amides is 1. The van der Waals surface area contributed by atoms with Gasteiger partial charge in [-0.25, -0.2) is 4.39 Å². The van der Waals surface area contributed by atoms with E-state index in [0.29, 0.717) is 19.5 Å². The number of halogens is 1. The van der Waals surface area contributed by atoms with Gasteiger partial charge in [0.05, 0.1) is 0 Å². The molecule has 4 nitrogen and oxygen atoms in total. The van der Waals surface area contributed by atoms with Crippen molar-refractivity contribution >= 4 is 17.4 Å². The Labute approximate surface area is 129 Å². The monoisotopic (exact) mass is 304 g/mol. The Morgan fingerprint density at radius 3 is 2.41 bits per heavy atom. The summed E-state index contributed by atoms with van der Waals surface area (Å²) in [6.45, 7) is 3.12. The largest absolute Gasteiger partial charge is 0.370 e. The molecule has 1 heterocycles. The van der Waals surface area contributed by atoms with Gasteiger partial charge in [-0.3, -0.25) is 9.59 Å². The lowest BCUT2D eigenvalue weighted by Gasteiger charge is -2.31. The van der Waals surface area contributed by atoms with Crippen LogP contribution in [0, 0.1) is 11.7 Å². The van der Waals surface area contributed by atoms with Gasteiger partial charge in [0.25, 0.3) is 0 Å². The quantitative estimate of drug-likeness (QED) is 0.868. The number of amides is 2. The van der Waals surface area contributed by atoms with E-state index in [9.17, 15) is 14.0 Å². The number of nitrogens with two attached hydrogens (primary N) is 1. The summed E-state index contributed by atoms with van der Waals surface area (Å²) in [4.78, 5) is 25.0. The smallest absolute Gasteiger partial charge is 0.246 e. The molecule has 0 spiro atoms. The predicted molar refractivity (Wildman–Crippen MR) is 83.2 cm³/mol. The molecule has 0 atom stereocenters. The summed E-state index contributed by atoms with van der Waals surface area (Å²) in [6, 6.07) is 6.08. The Morgan fingerprint density at radius 1 is 1.27 bits per heavy atom. The van der Waals surface area contributed by atoms with Crippen LogP contribution in [0.4, 0.5) is 4.39 Å². The number of carbonyl (C=O) groups excluding carboxylic acids is 2. The van der Waals surface area contributed by atoms with Gasteiger partial charge in [-0.15, -0.1) is 0 Å². The van der Waals surface area contributed by atoms with Crippen LogP contribution in [-0.2, 0) is 9.59 Å². The maximum atomic E-state index is 12.9. The molecule has 5 heteroatoms. The number of hydrogen-bond acceptors (Lipinski definition) is 2. The van der Waals surface area contributed by atoms with Crippen molar-refractivity contribution in [1.82, 2.24) is 4.90 Å². The number of likely N-dealkylation sites (tertiary alicyclic amines) is 1. The van der Waals surface area contributed by atoms with E-state index in [0.717, 1.165) is 24.0 Å². The minimum absolute atomic E-state index is 0.0423. The first-order valence-electron chi connectivity index (χ1n) is 7.47. The Hall–Kier alpha value is -2.17. The average Bonchev–Trinajstić information content (AvgIpc) is 2.48. The van der Waals surface area contributed by atoms with E-state index in [-0.39, 0.29) is 23.5 Å². The lowest BCUT2D eigenvalue weighted by molar-refractivity contribution is -0.127. The minimum atomic E-state index is -0.292. The lowest BCUT2D eigenvalue weighted by Crippen LogP contribution is -2.38. The van der Waals surface area contributed by atoms with Crippen molar-refractivity contribution in [3.05, 3.63) is 41.7 Å². The third-order valence-corrected chi connectivity index (χ3v) is 4.06. The first-order valence-corrected chi connectivity index (χ1v) is 7.47. The predicted octanol–water partition coefficient (Wildman–Crippen LogP) is 2.34. The standard InChI is InChI=1S/C17H21FN2O2/c1-12(14-2-4-15(18)5-3-14)10-17(22)20-8-6-13(7-9-20)11-16(19)21/h2-5,10,13H,6-9,11H2,1H3,(H2,19,21). The molecular formula is C17H21FN2O2. The zero-order valence-electron chi connectivity index (χ0n) is 12.7. The van der Waals surface area contributed by atoms with Crippen LogP contribution in [0.1, 0.15) is 31.7 Å². The van der Waals surface area contributed by atoms with Crippen molar-refractivity contribution < 1.29 is 14.0 Å². The van der Waals surface area contributed by atoms with Gasteiger partial charge in [0.15, 0.2) is 0 Å². The highest BCUT2D eigenvalue weighted by Gasteiger charge is 2.22.